The van der Waals surface area contributed by atoms with Crippen LogP contribution in [0.15, 0.2) is 12.4 Å². The van der Waals surface area contributed by atoms with E-state index in [9.17, 15) is 9.59 Å². The highest BCUT2D eigenvalue weighted by Crippen LogP contribution is 2.07. The Morgan fingerprint density at radius 1 is 1.42 bits per heavy atom. The number of hydrogen-bond donors (Lipinski definition) is 3. The minimum atomic E-state index is -0.957. The molecule has 0 aromatic carbocycles. The highest BCUT2D eigenvalue weighted by Gasteiger charge is 2.25. The number of alkyl carbamates (subject to hydrolysis) is 1. The molecule has 19 heavy (non-hydrogen) atoms. The summed E-state index contributed by atoms with van der Waals surface area (Å²) in [5.74, 6) is 4.91. The molecular formula is C11H22N4O4. The molecule has 1 amide bonds. The third kappa shape index (κ3) is 7.87. The van der Waals surface area contributed by atoms with Gasteiger partial charge in [-0.25, -0.2) is 15.4 Å². The molecule has 0 bridgehead atoms. The van der Waals surface area contributed by atoms with Crippen molar-refractivity contribution in [2.75, 3.05) is 13.7 Å². The Hall–Kier alpha value is -1.96. The quantitative estimate of drug-likeness (QED) is 0.356. The molecule has 1 unspecified atom stereocenters. The SMILES string of the molecule is COC(=O)C(CN(N)/C=C\N)NC(=O)OC(C)(C)C. The summed E-state index contributed by atoms with van der Waals surface area (Å²) in [6, 6.07) is -0.957. The van der Waals surface area contributed by atoms with Crippen LogP contribution in [0.4, 0.5) is 4.79 Å². The van der Waals surface area contributed by atoms with Crippen molar-refractivity contribution < 1.29 is 19.1 Å². The highest BCUT2D eigenvalue weighted by atomic mass is 16.6. The van der Waals surface area contributed by atoms with E-state index >= 15 is 0 Å². The second kappa shape index (κ2) is 7.47. The number of rotatable bonds is 5. The molecule has 0 fully saturated rings. The molecule has 0 aliphatic carbocycles. The molecule has 0 spiro atoms. The summed E-state index contributed by atoms with van der Waals surface area (Å²) in [6.45, 7) is 5.14. The minimum Gasteiger partial charge on any atom is -0.467 e. The largest absolute Gasteiger partial charge is 0.467 e. The fraction of sp³-hybridized carbons (Fsp3) is 0.636. The number of nitrogens with zero attached hydrogens (tertiary/aromatic N) is 1. The third-order valence-electron chi connectivity index (χ3n) is 1.85. The molecule has 0 rings (SSSR count). The van der Waals surface area contributed by atoms with Crippen molar-refractivity contribution in [2.45, 2.75) is 32.4 Å². The van der Waals surface area contributed by atoms with Crippen LogP contribution in [-0.2, 0) is 14.3 Å². The summed E-state index contributed by atoms with van der Waals surface area (Å²) in [5.41, 5.74) is 4.51. The van der Waals surface area contributed by atoms with Crippen LogP contribution in [-0.4, -0.2) is 42.4 Å². The fourth-order valence-electron chi connectivity index (χ4n) is 1.15. The molecule has 0 saturated heterocycles. The average molecular weight is 274 g/mol. The molecule has 0 saturated carbocycles. The van der Waals surface area contributed by atoms with Gasteiger partial charge in [0.2, 0.25) is 0 Å². The van der Waals surface area contributed by atoms with Gasteiger partial charge in [-0.15, -0.1) is 0 Å². The Bertz CT molecular complexity index is 338. The fourth-order valence-corrected chi connectivity index (χ4v) is 1.15. The zero-order valence-corrected chi connectivity index (χ0v) is 11.7. The molecule has 0 aromatic heterocycles. The maximum atomic E-state index is 11.6. The lowest BCUT2D eigenvalue weighted by molar-refractivity contribution is -0.143. The van der Waals surface area contributed by atoms with Crippen LogP contribution in [0.3, 0.4) is 0 Å². The predicted molar refractivity (Wildman–Crippen MR) is 69.4 cm³/mol. The van der Waals surface area contributed by atoms with Crippen molar-refractivity contribution in [2.24, 2.45) is 11.6 Å². The van der Waals surface area contributed by atoms with Crippen LogP contribution in [0.5, 0.6) is 0 Å². The summed E-state index contributed by atoms with van der Waals surface area (Å²) in [6.07, 6.45) is 1.84. The summed E-state index contributed by atoms with van der Waals surface area (Å²) in [5, 5.41) is 3.53. The van der Waals surface area contributed by atoms with E-state index in [0.29, 0.717) is 0 Å². The number of amides is 1. The second-order valence-electron chi connectivity index (χ2n) is 4.76. The minimum absolute atomic E-state index is 0.000381. The predicted octanol–water partition coefficient (Wildman–Crippen LogP) is -0.342. The van der Waals surface area contributed by atoms with Crippen molar-refractivity contribution in [3.05, 3.63) is 12.4 Å². The lowest BCUT2D eigenvalue weighted by atomic mass is 10.2. The Labute approximate surface area is 112 Å². The average Bonchev–Trinajstić information content (AvgIpc) is 2.24. The van der Waals surface area contributed by atoms with Gasteiger partial charge in [-0.2, -0.15) is 0 Å². The van der Waals surface area contributed by atoms with E-state index in [1.54, 1.807) is 20.8 Å². The number of carbonyl (C=O) groups excluding carboxylic acids is 2. The van der Waals surface area contributed by atoms with Gasteiger partial charge < -0.3 is 25.5 Å². The Balaban J connectivity index is 4.60. The van der Waals surface area contributed by atoms with Crippen molar-refractivity contribution in [3.63, 3.8) is 0 Å². The molecule has 8 nitrogen and oxygen atoms in total. The third-order valence-corrected chi connectivity index (χ3v) is 1.85. The molecule has 5 N–H and O–H groups in total. The van der Waals surface area contributed by atoms with Crippen LogP contribution in [0, 0.1) is 0 Å². The van der Waals surface area contributed by atoms with Gasteiger partial charge in [-0.05, 0) is 20.8 Å². The van der Waals surface area contributed by atoms with Gasteiger partial charge in [0.15, 0.2) is 0 Å². The van der Waals surface area contributed by atoms with Crippen molar-refractivity contribution in [1.82, 2.24) is 10.3 Å². The molecular weight excluding hydrogens is 252 g/mol. The first kappa shape index (κ1) is 17.0. The summed E-state index contributed by atoms with van der Waals surface area (Å²) < 4.78 is 9.62. The maximum Gasteiger partial charge on any atom is 0.408 e. The van der Waals surface area contributed by atoms with Crippen molar-refractivity contribution >= 4 is 12.1 Å². The number of hydrazine groups is 1. The van der Waals surface area contributed by atoms with E-state index in [4.69, 9.17) is 16.3 Å². The zero-order valence-electron chi connectivity index (χ0n) is 11.7. The number of nitrogens with two attached hydrogens (primary N) is 2. The van der Waals surface area contributed by atoms with Gasteiger partial charge >= 0.3 is 12.1 Å². The van der Waals surface area contributed by atoms with Crippen LogP contribution >= 0.6 is 0 Å². The number of methoxy groups -OCH3 is 1. The summed E-state index contributed by atoms with van der Waals surface area (Å²) in [4.78, 5) is 23.1. The Morgan fingerprint density at radius 3 is 2.42 bits per heavy atom. The topological polar surface area (TPSA) is 120 Å². The molecule has 0 aliphatic rings. The first-order valence-corrected chi connectivity index (χ1v) is 5.66. The lowest BCUT2D eigenvalue weighted by Crippen LogP contribution is -2.50. The molecule has 110 valence electrons. The molecule has 0 aromatic rings. The van der Waals surface area contributed by atoms with E-state index in [-0.39, 0.29) is 6.54 Å². The summed E-state index contributed by atoms with van der Waals surface area (Å²) >= 11 is 0. The summed E-state index contributed by atoms with van der Waals surface area (Å²) in [7, 11) is 1.21. The number of carbonyl (C=O) groups is 2. The van der Waals surface area contributed by atoms with E-state index < -0.39 is 23.7 Å². The first-order valence-electron chi connectivity index (χ1n) is 5.66. The normalized spacial score (nSPS) is 12.9. The van der Waals surface area contributed by atoms with Crippen LogP contribution in [0.2, 0.25) is 0 Å². The lowest BCUT2D eigenvalue weighted by Gasteiger charge is -2.24. The Kier molecular flexibility index (Phi) is 6.70. The van der Waals surface area contributed by atoms with Gasteiger partial charge in [0.05, 0.1) is 13.7 Å². The molecule has 0 aliphatic heterocycles. The van der Waals surface area contributed by atoms with Gasteiger partial charge in [0.1, 0.15) is 11.6 Å². The van der Waals surface area contributed by atoms with Crippen LogP contribution in [0.1, 0.15) is 20.8 Å². The number of nitrogens with one attached hydrogen (secondary N) is 1. The van der Waals surface area contributed by atoms with Gasteiger partial charge in [0, 0.05) is 12.4 Å². The molecule has 0 radical (unpaired) electrons. The maximum absolute atomic E-state index is 11.6. The van der Waals surface area contributed by atoms with Gasteiger partial charge in [-0.3, -0.25) is 0 Å². The van der Waals surface area contributed by atoms with Gasteiger partial charge in [0.25, 0.3) is 0 Å². The second-order valence-corrected chi connectivity index (χ2v) is 4.76. The van der Waals surface area contributed by atoms with Crippen LogP contribution < -0.4 is 16.9 Å². The monoisotopic (exact) mass is 274 g/mol. The van der Waals surface area contributed by atoms with E-state index in [1.807, 2.05) is 0 Å². The molecule has 0 heterocycles. The van der Waals surface area contributed by atoms with Crippen molar-refractivity contribution in [3.8, 4) is 0 Å². The first-order chi connectivity index (χ1) is 8.69. The van der Waals surface area contributed by atoms with Gasteiger partial charge in [-0.1, -0.05) is 0 Å². The standard InChI is InChI=1S/C11H22N4O4/c1-11(2,3)19-10(17)14-8(9(16)18-4)7-15(13)6-5-12/h5-6,8H,7,12-13H2,1-4H3,(H,14,17)/b6-5-. The van der Waals surface area contributed by atoms with E-state index in [1.165, 1.54) is 19.5 Å². The molecule has 8 heteroatoms. The highest BCUT2D eigenvalue weighted by molar-refractivity contribution is 5.81. The van der Waals surface area contributed by atoms with Crippen LogP contribution in [0.25, 0.3) is 0 Å². The Morgan fingerprint density at radius 2 is 2.00 bits per heavy atom. The number of hydrogen-bond acceptors (Lipinski definition) is 7. The van der Waals surface area contributed by atoms with Crippen molar-refractivity contribution in [1.29, 1.82) is 0 Å². The number of esters is 1. The molecule has 1 atom stereocenters. The van der Waals surface area contributed by atoms with E-state index in [0.717, 1.165) is 5.01 Å². The van der Waals surface area contributed by atoms with E-state index in [2.05, 4.69) is 10.1 Å². The number of ether oxygens (including phenoxy) is 2. The zero-order chi connectivity index (χ0) is 15.1. The smallest absolute Gasteiger partial charge is 0.408 e.